The minimum atomic E-state index is -0.509. The number of rotatable bonds is 5. The van der Waals surface area contributed by atoms with Crippen molar-refractivity contribution in [3.63, 3.8) is 0 Å². The van der Waals surface area contributed by atoms with Gasteiger partial charge in [-0.15, -0.1) is 0 Å². The lowest BCUT2D eigenvalue weighted by atomic mass is 9.67. The lowest BCUT2D eigenvalue weighted by molar-refractivity contribution is 0.768. The first-order valence-corrected chi connectivity index (χ1v) is 20.9. The van der Waals surface area contributed by atoms with Crippen LogP contribution in [-0.4, -0.2) is 0 Å². The lowest BCUT2D eigenvalue weighted by Gasteiger charge is -2.35. The van der Waals surface area contributed by atoms with Gasteiger partial charge in [-0.2, -0.15) is 0 Å². The fraction of sp³-hybridized carbons (Fsp3) is 0.0169. The normalized spacial score (nSPS) is 13.1. The molecule has 0 aliphatic heterocycles. The van der Waals surface area contributed by atoms with E-state index in [2.05, 4.69) is 229 Å². The number of nitrogens with zero attached hydrogens (tertiary/aromatic N) is 1. The second kappa shape index (κ2) is 12.6. The molecule has 0 spiro atoms. The van der Waals surface area contributed by atoms with E-state index in [0.29, 0.717) is 0 Å². The van der Waals surface area contributed by atoms with Crippen LogP contribution in [0, 0.1) is 0 Å². The molecule has 0 N–H and O–H groups in total. The average molecular weight is 760 g/mol. The Morgan fingerprint density at radius 2 is 0.767 bits per heavy atom. The third-order valence-corrected chi connectivity index (χ3v) is 13.4. The molecule has 0 heterocycles. The van der Waals surface area contributed by atoms with Gasteiger partial charge >= 0.3 is 0 Å². The molecule has 0 radical (unpaired) electrons. The van der Waals surface area contributed by atoms with Crippen molar-refractivity contribution in [2.45, 2.75) is 5.41 Å². The molecule has 0 aromatic heterocycles. The van der Waals surface area contributed by atoms with E-state index in [4.69, 9.17) is 0 Å². The first-order valence-electron chi connectivity index (χ1n) is 20.9. The zero-order valence-electron chi connectivity index (χ0n) is 32.8. The summed E-state index contributed by atoms with van der Waals surface area (Å²) in [5.74, 6) is 0. The summed E-state index contributed by atoms with van der Waals surface area (Å²) in [4.78, 5) is 2.50. The molecule has 0 amide bonds. The molecule has 13 rings (SSSR count). The summed E-state index contributed by atoms with van der Waals surface area (Å²) < 4.78 is 0. The van der Waals surface area contributed by atoms with Gasteiger partial charge in [-0.05, 0) is 118 Å². The maximum Gasteiger partial charge on any atom is 0.0714 e. The molecule has 0 fully saturated rings. The van der Waals surface area contributed by atoms with Crippen molar-refractivity contribution in [3.8, 4) is 11.1 Å². The number of benzene rings is 11. The molecule has 0 bridgehead atoms. The predicted molar refractivity (Wildman–Crippen MR) is 255 cm³/mol. The van der Waals surface area contributed by atoms with Crippen LogP contribution in [0.15, 0.2) is 224 Å². The van der Waals surface area contributed by atoms with Gasteiger partial charge in [-0.1, -0.05) is 194 Å². The Balaban J connectivity index is 1.17. The summed E-state index contributed by atoms with van der Waals surface area (Å²) in [6.45, 7) is 0. The van der Waals surface area contributed by atoms with Crippen LogP contribution in [0.5, 0.6) is 0 Å². The van der Waals surface area contributed by atoms with Crippen LogP contribution >= 0.6 is 0 Å². The summed E-state index contributed by atoms with van der Waals surface area (Å²) in [5.41, 5.74) is 10.6. The zero-order valence-corrected chi connectivity index (χ0v) is 32.8. The topological polar surface area (TPSA) is 3.24 Å². The lowest BCUT2D eigenvalue weighted by Crippen LogP contribution is -2.28. The molecule has 278 valence electrons. The van der Waals surface area contributed by atoms with Crippen molar-refractivity contribution in [1.29, 1.82) is 0 Å². The Hall–Kier alpha value is -7.74. The molecule has 12 aromatic rings. The number of hydrogen-bond acceptors (Lipinski definition) is 1. The monoisotopic (exact) mass is 759 g/mol. The Bertz CT molecular complexity index is 3600. The van der Waals surface area contributed by atoms with Gasteiger partial charge in [0.15, 0.2) is 0 Å². The van der Waals surface area contributed by atoms with Gasteiger partial charge in [-0.3, -0.25) is 0 Å². The van der Waals surface area contributed by atoms with E-state index in [0.717, 1.165) is 17.1 Å². The van der Waals surface area contributed by atoms with E-state index in [1.54, 1.807) is 0 Å². The summed E-state index contributed by atoms with van der Waals surface area (Å²) in [5, 5.41) is 15.3. The van der Waals surface area contributed by atoms with Gasteiger partial charge in [0.25, 0.3) is 0 Å². The molecule has 1 aliphatic rings. The minimum Gasteiger partial charge on any atom is -0.310 e. The fourth-order valence-electron chi connectivity index (χ4n) is 11.0. The van der Waals surface area contributed by atoms with Crippen LogP contribution in [0.25, 0.3) is 75.8 Å². The molecule has 12 aromatic carbocycles. The SMILES string of the molecule is c1ccc(N(c2ccc3c(c2)C(c2ccccc2)(c2ccccc2)c2ccccc2-3)c2cc3cccc4c5cccc6ccc7cccc(c8cccc2c8c34)c7c65)cc1. The maximum absolute atomic E-state index is 2.50. The highest BCUT2D eigenvalue weighted by molar-refractivity contribution is 6.38. The highest BCUT2D eigenvalue weighted by Crippen LogP contribution is 2.58. The number of anilines is 3. The van der Waals surface area contributed by atoms with Crippen LogP contribution < -0.4 is 4.90 Å². The van der Waals surface area contributed by atoms with Crippen molar-refractivity contribution in [3.05, 3.63) is 247 Å². The molecule has 0 atom stereocenters. The van der Waals surface area contributed by atoms with Crippen molar-refractivity contribution in [1.82, 2.24) is 0 Å². The molecule has 0 saturated carbocycles. The van der Waals surface area contributed by atoms with Gasteiger partial charge in [0, 0.05) is 22.1 Å². The summed E-state index contributed by atoms with van der Waals surface area (Å²) in [7, 11) is 0. The molecule has 0 unspecified atom stereocenters. The first-order chi connectivity index (χ1) is 29.8. The van der Waals surface area contributed by atoms with Gasteiger partial charge in [0.2, 0.25) is 0 Å². The smallest absolute Gasteiger partial charge is 0.0714 e. The Morgan fingerprint density at radius 1 is 0.283 bits per heavy atom. The Morgan fingerprint density at radius 3 is 1.40 bits per heavy atom. The van der Waals surface area contributed by atoms with E-state index in [9.17, 15) is 0 Å². The second-order valence-corrected chi connectivity index (χ2v) is 16.3. The second-order valence-electron chi connectivity index (χ2n) is 16.3. The van der Waals surface area contributed by atoms with E-state index in [1.165, 1.54) is 98.0 Å². The predicted octanol–water partition coefficient (Wildman–Crippen LogP) is 15.9. The molecule has 1 nitrogen and oxygen atoms in total. The average Bonchev–Trinajstić information content (AvgIpc) is 3.61. The quantitative estimate of drug-likeness (QED) is 0.158. The summed E-state index contributed by atoms with van der Waals surface area (Å²) in [6, 6.07) is 83.8. The summed E-state index contributed by atoms with van der Waals surface area (Å²) >= 11 is 0. The van der Waals surface area contributed by atoms with E-state index < -0.39 is 5.41 Å². The largest absolute Gasteiger partial charge is 0.310 e. The molecular formula is C59H37N. The standard InChI is InChI=1S/C59H37N/c1-4-19-41(20-5-1)59(42-21-6-2-7-22-42)52-31-11-10-25-45(52)46-35-34-44(37-53(46)59)60(43-23-8-3-9-24-43)54-36-40-18-14-28-48-47-26-12-16-38-32-33-39-17-13-27-49(56(39)55(38)47)50-29-15-30-51(54)58(50)57(40)48/h1-37H. The van der Waals surface area contributed by atoms with Crippen molar-refractivity contribution in [2.75, 3.05) is 4.90 Å². The van der Waals surface area contributed by atoms with Crippen molar-refractivity contribution in [2.24, 2.45) is 0 Å². The molecular weight excluding hydrogens is 723 g/mol. The van der Waals surface area contributed by atoms with Gasteiger partial charge < -0.3 is 4.90 Å². The van der Waals surface area contributed by atoms with Crippen LogP contribution in [0.3, 0.4) is 0 Å². The van der Waals surface area contributed by atoms with E-state index >= 15 is 0 Å². The van der Waals surface area contributed by atoms with Crippen LogP contribution in [0.1, 0.15) is 22.3 Å². The Labute approximate surface area is 348 Å². The van der Waals surface area contributed by atoms with Crippen molar-refractivity contribution >= 4 is 81.7 Å². The number of para-hydroxylation sites is 1. The van der Waals surface area contributed by atoms with Crippen molar-refractivity contribution < 1.29 is 0 Å². The highest BCUT2D eigenvalue weighted by Gasteiger charge is 2.46. The van der Waals surface area contributed by atoms with Crippen LogP contribution in [-0.2, 0) is 5.41 Å². The molecule has 0 saturated heterocycles. The van der Waals surface area contributed by atoms with Crippen LogP contribution in [0.4, 0.5) is 17.1 Å². The van der Waals surface area contributed by atoms with Gasteiger partial charge in [0.05, 0.1) is 11.1 Å². The fourth-order valence-corrected chi connectivity index (χ4v) is 11.0. The van der Waals surface area contributed by atoms with E-state index in [1.807, 2.05) is 0 Å². The molecule has 1 aliphatic carbocycles. The Kier molecular flexibility index (Phi) is 7.00. The van der Waals surface area contributed by atoms with Crippen LogP contribution in [0.2, 0.25) is 0 Å². The maximum atomic E-state index is 2.50. The first kappa shape index (κ1) is 33.3. The zero-order chi connectivity index (χ0) is 39.4. The number of hydrogen-bond donors (Lipinski definition) is 0. The third-order valence-electron chi connectivity index (χ3n) is 13.4. The third kappa shape index (κ3) is 4.47. The highest BCUT2D eigenvalue weighted by atomic mass is 15.1. The van der Waals surface area contributed by atoms with Gasteiger partial charge in [0.1, 0.15) is 0 Å². The van der Waals surface area contributed by atoms with E-state index in [-0.39, 0.29) is 0 Å². The summed E-state index contributed by atoms with van der Waals surface area (Å²) in [6.07, 6.45) is 0. The molecule has 60 heavy (non-hydrogen) atoms. The minimum absolute atomic E-state index is 0.509. The van der Waals surface area contributed by atoms with Gasteiger partial charge in [-0.25, -0.2) is 0 Å². The molecule has 1 heteroatoms. The number of fused-ring (bicyclic) bond motifs is 5.